The zero-order valence-corrected chi connectivity index (χ0v) is 10.0. The van der Waals surface area contributed by atoms with E-state index in [1.807, 2.05) is 20.8 Å². The van der Waals surface area contributed by atoms with Crippen molar-refractivity contribution in [3.8, 4) is 0 Å². The van der Waals surface area contributed by atoms with Gasteiger partial charge in [0.25, 0.3) is 0 Å². The maximum absolute atomic E-state index is 10.9. The molecular weight excluding hydrogens is 210 g/mol. The number of nitrogens with one attached hydrogen (secondary N) is 2. The van der Waals surface area contributed by atoms with Crippen LogP contribution in [0.4, 0.5) is 4.79 Å². The van der Waals surface area contributed by atoms with Crippen LogP contribution in [-0.2, 0) is 4.79 Å². The zero-order chi connectivity index (χ0) is 12.8. The first-order valence-electron chi connectivity index (χ1n) is 5.26. The molecule has 1 atom stereocenters. The van der Waals surface area contributed by atoms with Crippen molar-refractivity contribution in [3.05, 3.63) is 0 Å². The fraction of sp³-hybridized carbons (Fsp3) is 0.800. The highest BCUT2D eigenvalue weighted by molar-refractivity contribution is 5.73. The molecule has 94 valence electrons. The van der Waals surface area contributed by atoms with Crippen molar-refractivity contribution in [1.82, 2.24) is 10.6 Å². The van der Waals surface area contributed by atoms with Gasteiger partial charge in [-0.1, -0.05) is 0 Å². The maximum Gasteiger partial charge on any atom is 0.320 e. The number of amides is 2. The summed E-state index contributed by atoms with van der Waals surface area (Å²) < 4.78 is 0. The minimum Gasteiger partial charge on any atom is -0.480 e. The van der Waals surface area contributed by atoms with Gasteiger partial charge >= 0.3 is 12.0 Å². The lowest BCUT2D eigenvalue weighted by Crippen LogP contribution is -2.48. The maximum atomic E-state index is 10.9. The monoisotopic (exact) mass is 231 g/mol. The molecule has 5 N–H and O–H groups in total. The van der Waals surface area contributed by atoms with E-state index in [2.05, 4.69) is 10.6 Å². The number of nitrogens with two attached hydrogens (primary N) is 1. The smallest absolute Gasteiger partial charge is 0.320 e. The number of primary amides is 1. The molecule has 0 fully saturated rings. The summed E-state index contributed by atoms with van der Waals surface area (Å²) in [5.74, 6) is -0.881. The fourth-order valence-electron chi connectivity index (χ4n) is 1.30. The van der Waals surface area contributed by atoms with E-state index in [0.717, 1.165) is 0 Å². The Hall–Kier alpha value is -1.30. The SMILES string of the molecule is CC(C)(C)N[C@@H](CCCNC(N)=O)C(=O)O. The van der Waals surface area contributed by atoms with Crippen LogP contribution in [0.2, 0.25) is 0 Å². The molecule has 0 bridgehead atoms. The molecule has 0 saturated carbocycles. The van der Waals surface area contributed by atoms with Crippen molar-refractivity contribution in [2.45, 2.75) is 45.2 Å². The summed E-state index contributed by atoms with van der Waals surface area (Å²) >= 11 is 0. The summed E-state index contributed by atoms with van der Waals surface area (Å²) in [6, 6.07) is -1.19. The second-order valence-corrected chi connectivity index (χ2v) is 4.72. The lowest BCUT2D eigenvalue weighted by Gasteiger charge is -2.25. The van der Waals surface area contributed by atoms with Crippen molar-refractivity contribution in [3.63, 3.8) is 0 Å². The van der Waals surface area contributed by atoms with E-state index in [1.54, 1.807) is 0 Å². The number of carbonyl (C=O) groups excluding carboxylic acids is 1. The quantitative estimate of drug-likeness (QED) is 0.493. The van der Waals surface area contributed by atoms with Gasteiger partial charge in [0.1, 0.15) is 6.04 Å². The van der Waals surface area contributed by atoms with E-state index in [0.29, 0.717) is 19.4 Å². The van der Waals surface area contributed by atoms with Gasteiger partial charge in [-0.2, -0.15) is 0 Å². The van der Waals surface area contributed by atoms with E-state index < -0.39 is 18.0 Å². The molecule has 0 aromatic rings. The van der Waals surface area contributed by atoms with Gasteiger partial charge in [0.05, 0.1) is 0 Å². The molecule has 0 saturated heterocycles. The lowest BCUT2D eigenvalue weighted by molar-refractivity contribution is -0.140. The Kier molecular flexibility index (Phi) is 5.81. The Morgan fingerprint density at radius 3 is 2.31 bits per heavy atom. The third-order valence-electron chi connectivity index (χ3n) is 1.87. The van der Waals surface area contributed by atoms with Crippen molar-refractivity contribution in [2.75, 3.05) is 6.54 Å². The molecule has 0 aromatic carbocycles. The van der Waals surface area contributed by atoms with Crippen LogP contribution in [0.3, 0.4) is 0 Å². The molecule has 0 aliphatic carbocycles. The third-order valence-corrected chi connectivity index (χ3v) is 1.87. The Labute approximate surface area is 95.6 Å². The summed E-state index contributed by atoms with van der Waals surface area (Å²) in [6.45, 7) is 6.12. The Morgan fingerprint density at radius 2 is 1.94 bits per heavy atom. The van der Waals surface area contributed by atoms with Gasteiger partial charge in [-0.25, -0.2) is 4.79 Å². The van der Waals surface area contributed by atoms with Gasteiger partial charge in [0.2, 0.25) is 0 Å². The van der Waals surface area contributed by atoms with Gasteiger partial charge < -0.3 is 16.2 Å². The normalized spacial score (nSPS) is 13.2. The zero-order valence-electron chi connectivity index (χ0n) is 10.0. The number of rotatable bonds is 6. The van der Waals surface area contributed by atoms with Crippen molar-refractivity contribution >= 4 is 12.0 Å². The molecule has 0 aliphatic heterocycles. The van der Waals surface area contributed by atoms with Gasteiger partial charge in [-0.3, -0.25) is 10.1 Å². The average molecular weight is 231 g/mol. The topological polar surface area (TPSA) is 104 Å². The van der Waals surface area contributed by atoms with Gasteiger partial charge in [-0.15, -0.1) is 0 Å². The molecule has 2 amide bonds. The predicted molar refractivity (Wildman–Crippen MR) is 61.1 cm³/mol. The largest absolute Gasteiger partial charge is 0.480 e. The van der Waals surface area contributed by atoms with Crippen LogP contribution in [0.1, 0.15) is 33.6 Å². The van der Waals surface area contributed by atoms with Crippen LogP contribution in [0.25, 0.3) is 0 Å². The van der Waals surface area contributed by atoms with Gasteiger partial charge in [0.15, 0.2) is 0 Å². The highest BCUT2D eigenvalue weighted by atomic mass is 16.4. The first-order valence-corrected chi connectivity index (χ1v) is 5.26. The summed E-state index contributed by atoms with van der Waals surface area (Å²) in [4.78, 5) is 21.3. The Balaban J connectivity index is 3.96. The third kappa shape index (κ3) is 8.05. The molecule has 0 rings (SSSR count). The van der Waals surface area contributed by atoms with Crippen LogP contribution in [0.5, 0.6) is 0 Å². The highest BCUT2D eigenvalue weighted by Crippen LogP contribution is 2.05. The molecule has 0 aromatic heterocycles. The van der Waals surface area contributed by atoms with Gasteiger partial charge in [0, 0.05) is 12.1 Å². The van der Waals surface area contributed by atoms with E-state index in [4.69, 9.17) is 10.8 Å². The van der Waals surface area contributed by atoms with Crippen LogP contribution in [-0.4, -0.2) is 35.2 Å². The standard InChI is InChI=1S/C10H21N3O3/c1-10(2,3)13-7(8(14)15)5-4-6-12-9(11)16/h7,13H,4-6H2,1-3H3,(H,14,15)(H3,11,12,16)/t7-/m0/s1. The Morgan fingerprint density at radius 1 is 1.38 bits per heavy atom. The number of urea groups is 1. The number of hydrogen-bond acceptors (Lipinski definition) is 3. The molecule has 0 heterocycles. The molecule has 6 nitrogen and oxygen atoms in total. The Bertz CT molecular complexity index is 248. The molecular formula is C10H21N3O3. The van der Waals surface area contributed by atoms with Crippen LogP contribution in [0.15, 0.2) is 0 Å². The first kappa shape index (κ1) is 14.7. The van der Waals surface area contributed by atoms with E-state index >= 15 is 0 Å². The molecule has 0 spiro atoms. The number of carboxylic acid groups (broad SMARTS) is 1. The molecule has 6 heteroatoms. The van der Waals surface area contributed by atoms with E-state index in [1.165, 1.54) is 0 Å². The van der Waals surface area contributed by atoms with Crippen LogP contribution >= 0.6 is 0 Å². The lowest BCUT2D eigenvalue weighted by atomic mass is 10.0. The van der Waals surface area contributed by atoms with Gasteiger partial charge in [-0.05, 0) is 33.6 Å². The van der Waals surface area contributed by atoms with Crippen LogP contribution in [0, 0.1) is 0 Å². The fourth-order valence-corrected chi connectivity index (χ4v) is 1.30. The highest BCUT2D eigenvalue weighted by Gasteiger charge is 2.22. The van der Waals surface area contributed by atoms with Crippen LogP contribution < -0.4 is 16.4 Å². The minimum absolute atomic E-state index is 0.250. The van der Waals surface area contributed by atoms with E-state index in [9.17, 15) is 9.59 Å². The molecule has 16 heavy (non-hydrogen) atoms. The summed E-state index contributed by atoms with van der Waals surface area (Å²) in [5.41, 5.74) is 4.64. The second kappa shape index (κ2) is 6.32. The summed E-state index contributed by atoms with van der Waals surface area (Å²) in [7, 11) is 0. The van der Waals surface area contributed by atoms with Crippen molar-refractivity contribution in [1.29, 1.82) is 0 Å². The van der Waals surface area contributed by atoms with Crippen molar-refractivity contribution < 1.29 is 14.7 Å². The predicted octanol–water partition coefficient (Wildman–Crippen LogP) is 0.276. The number of carbonyl (C=O) groups is 2. The summed E-state index contributed by atoms with van der Waals surface area (Å²) in [5, 5.41) is 14.4. The van der Waals surface area contributed by atoms with Crippen molar-refractivity contribution in [2.24, 2.45) is 5.73 Å². The minimum atomic E-state index is -0.881. The number of carboxylic acids is 1. The summed E-state index contributed by atoms with van der Waals surface area (Å²) in [6.07, 6.45) is 1.02. The average Bonchev–Trinajstić information content (AvgIpc) is 2.07. The molecule has 0 aliphatic rings. The molecule has 0 radical (unpaired) electrons. The first-order chi connectivity index (χ1) is 7.22. The second-order valence-electron chi connectivity index (χ2n) is 4.72. The number of aliphatic carboxylic acids is 1. The molecule has 0 unspecified atom stereocenters. The van der Waals surface area contributed by atoms with E-state index in [-0.39, 0.29) is 5.54 Å². The number of hydrogen-bond donors (Lipinski definition) is 4.